The number of alkyl halides is 3. The lowest BCUT2D eigenvalue weighted by molar-refractivity contribution is -0.137. The highest BCUT2D eigenvalue weighted by molar-refractivity contribution is 5.75. The Bertz CT molecular complexity index is 1250. The molecule has 3 aromatic rings. The highest BCUT2D eigenvalue weighted by Crippen LogP contribution is 2.41. The second kappa shape index (κ2) is 8.52. The molecule has 5 rings (SSSR count). The molecule has 0 aromatic carbocycles. The Balaban J connectivity index is 1.37. The summed E-state index contributed by atoms with van der Waals surface area (Å²) in [7, 11) is 0. The van der Waals surface area contributed by atoms with Crippen LogP contribution in [-0.2, 0) is 23.1 Å². The Morgan fingerprint density at radius 3 is 2.86 bits per heavy atom. The molecule has 1 fully saturated rings. The van der Waals surface area contributed by atoms with Gasteiger partial charge < -0.3 is 20.7 Å². The Kier molecular flexibility index (Phi) is 5.62. The molecule has 0 aliphatic carbocycles. The van der Waals surface area contributed by atoms with Crippen LogP contribution in [-0.4, -0.2) is 50.4 Å². The van der Waals surface area contributed by atoms with E-state index in [1.165, 1.54) is 6.20 Å². The Morgan fingerprint density at radius 1 is 1.29 bits per heavy atom. The van der Waals surface area contributed by atoms with Crippen molar-refractivity contribution < 1.29 is 22.7 Å². The molecule has 2 aliphatic rings. The van der Waals surface area contributed by atoms with Crippen molar-refractivity contribution in [3.63, 3.8) is 0 Å². The summed E-state index contributed by atoms with van der Waals surface area (Å²) < 4.78 is 47.8. The number of likely N-dealkylation sites (tertiary alicyclic amines) is 1. The average molecular weight is 487 g/mol. The number of hydrogen-bond donors (Lipinski definition) is 2. The number of hydrogen-bond acceptors (Lipinski definition) is 6. The summed E-state index contributed by atoms with van der Waals surface area (Å²) >= 11 is 0. The topological polar surface area (TPSA) is 111 Å². The third-order valence-electron chi connectivity index (χ3n) is 6.49. The summed E-state index contributed by atoms with van der Waals surface area (Å²) in [6.07, 6.45) is 0.575. The summed E-state index contributed by atoms with van der Waals surface area (Å²) in [4.78, 5) is 22.4. The number of aromatic nitrogens is 4. The second-order valence-corrected chi connectivity index (χ2v) is 8.76. The van der Waals surface area contributed by atoms with Gasteiger partial charge in [-0.15, -0.1) is 0 Å². The largest absolute Gasteiger partial charge is 0.419 e. The minimum Gasteiger partial charge on any atom is -0.383 e. The summed E-state index contributed by atoms with van der Waals surface area (Å²) in [6, 6.07) is 5.93. The summed E-state index contributed by atoms with van der Waals surface area (Å²) in [5.41, 5.74) is 5.82. The lowest BCUT2D eigenvalue weighted by Crippen LogP contribution is -2.44. The van der Waals surface area contributed by atoms with Crippen LogP contribution in [0, 0.1) is 0 Å². The fourth-order valence-corrected chi connectivity index (χ4v) is 4.61. The smallest absolute Gasteiger partial charge is 0.383 e. The van der Waals surface area contributed by atoms with Gasteiger partial charge in [-0.25, -0.2) is 9.78 Å². The molecule has 3 aromatic heterocycles. The first-order valence-corrected chi connectivity index (χ1v) is 11.2. The van der Waals surface area contributed by atoms with Gasteiger partial charge in [0.1, 0.15) is 11.4 Å². The van der Waals surface area contributed by atoms with E-state index in [1.807, 2.05) is 19.1 Å². The van der Waals surface area contributed by atoms with Crippen molar-refractivity contribution in [2.45, 2.75) is 37.7 Å². The van der Waals surface area contributed by atoms with Crippen LogP contribution in [0.2, 0.25) is 0 Å². The molecule has 3 N–H and O–H groups in total. The van der Waals surface area contributed by atoms with E-state index in [2.05, 4.69) is 20.4 Å². The molecule has 1 spiro atoms. The van der Waals surface area contributed by atoms with Gasteiger partial charge in [0.05, 0.1) is 42.7 Å². The number of nitrogens with one attached hydrogen (secondary N) is 1. The minimum absolute atomic E-state index is 0.210. The molecule has 2 aliphatic heterocycles. The molecule has 2 amide bonds. The van der Waals surface area contributed by atoms with E-state index in [0.29, 0.717) is 38.4 Å². The lowest BCUT2D eigenvalue weighted by atomic mass is 9.96. The van der Waals surface area contributed by atoms with Crippen molar-refractivity contribution in [1.82, 2.24) is 30.0 Å². The number of nitrogen functional groups attached to an aromatic ring is 1. The van der Waals surface area contributed by atoms with Crippen LogP contribution in [0.15, 0.2) is 42.9 Å². The number of pyridine rings is 2. The number of nitrogens with zero attached hydrogens (tertiary/aromatic N) is 5. The molecule has 12 heteroatoms. The number of nitrogens with two attached hydrogens (primary N) is 1. The van der Waals surface area contributed by atoms with Crippen LogP contribution in [0.25, 0.3) is 11.3 Å². The molecule has 5 heterocycles. The van der Waals surface area contributed by atoms with Gasteiger partial charge in [-0.1, -0.05) is 6.07 Å². The van der Waals surface area contributed by atoms with Crippen molar-refractivity contribution in [3.8, 4) is 11.3 Å². The van der Waals surface area contributed by atoms with Crippen LogP contribution >= 0.6 is 0 Å². The maximum atomic E-state index is 13.3. The third kappa shape index (κ3) is 4.29. The van der Waals surface area contributed by atoms with Crippen molar-refractivity contribution >= 4 is 11.8 Å². The molecule has 0 saturated carbocycles. The van der Waals surface area contributed by atoms with E-state index < -0.39 is 23.2 Å². The zero-order valence-electron chi connectivity index (χ0n) is 18.9. The second-order valence-electron chi connectivity index (χ2n) is 8.76. The van der Waals surface area contributed by atoms with Gasteiger partial charge in [0.2, 0.25) is 0 Å². The SMILES string of the molecule is C[C@@H](NC(=O)N1CC[C@]2(C1)OCCn1nc(-c3cnc(N)c(C(F)(F)F)c3)cc12)c1cccnc1. The van der Waals surface area contributed by atoms with Gasteiger partial charge in [0.15, 0.2) is 0 Å². The highest BCUT2D eigenvalue weighted by atomic mass is 19.4. The van der Waals surface area contributed by atoms with Gasteiger partial charge in [0, 0.05) is 37.1 Å². The van der Waals surface area contributed by atoms with Crippen molar-refractivity contribution in [2.75, 3.05) is 25.4 Å². The van der Waals surface area contributed by atoms with Crippen molar-refractivity contribution in [2.24, 2.45) is 0 Å². The number of ether oxygens (including phenoxy) is 1. The van der Waals surface area contributed by atoms with Gasteiger partial charge in [-0.05, 0) is 30.7 Å². The fourth-order valence-electron chi connectivity index (χ4n) is 4.61. The quantitative estimate of drug-likeness (QED) is 0.586. The van der Waals surface area contributed by atoms with Crippen molar-refractivity contribution in [1.29, 1.82) is 0 Å². The Morgan fingerprint density at radius 2 is 2.11 bits per heavy atom. The first kappa shape index (κ1) is 23.1. The summed E-state index contributed by atoms with van der Waals surface area (Å²) in [5, 5.41) is 7.50. The number of amides is 2. The molecule has 0 radical (unpaired) electrons. The molecule has 0 bridgehead atoms. The van der Waals surface area contributed by atoms with Crippen LogP contribution in [0.4, 0.5) is 23.8 Å². The van der Waals surface area contributed by atoms with Gasteiger partial charge in [-0.2, -0.15) is 18.3 Å². The number of rotatable bonds is 3. The zero-order chi connectivity index (χ0) is 24.8. The van der Waals surface area contributed by atoms with Gasteiger partial charge in [0.25, 0.3) is 0 Å². The monoisotopic (exact) mass is 487 g/mol. The van der Waals surface area contributed by atoms with Crippen LogP contribution in [0.3, 0.4) is 0 Å². The zero-order valence-corrected chi connectivity index (χ0v) is 18.9. The summed E-state index contributed by atoms with van der Waals surface area (Å²) in [5.74, 6) is -0.581. The summed E-state index contributed by atoms with van der Waals surface area (Å²) in [6.45, 7) is 3.49. The highest BCUT2D eigenvalue weighted by Gasteiger charge is 2.47. The number of carbonyl (C=O) groups is 1. The molecule has 35 heavy (non-hydrogen) atoms. The molecule has 9 nitrogen and oxygen atoms in total. The predicted octanol–water partition coefficient (Wildman–Crippen LogP) is 3.34. The predicted molar refractivity (Wildman–Crippen MR) is 120 cm³/mol. The van der Waals surface area contributed by atoms with Crippen molar-refractivity contribution in [3.05, 3.63) is 59.7 Å². The fraction of sp³-hybridized carbons (Fsp3) is 0.391. The maximum Gasteiger partial charge on any atom is 0.419 e. The third-order valence-corrected chi connectivity index (χ3v) is 6.49. The van der Waals surface area contributed by atoms with Crippen LogP contribution < -0.4 is 11.1 Å². The van der Waals surface area contributed by atoms with Crippen LogP contribution in [0.5, 0.6) is 0 Å². The number of carbonyl (C=O) groups excluding carboxylic acids is 1. The van der Waals surface area contributed by atoms with Gasteiger partial charge in [-0.3, -0.25) is 9.67 Å². The molecular formula is C23H24F3N7O2. The molecule has 184 valence electrons. The number of anilines is 1. The minimum atomic E-state index is -4.62. The average Bonchev–Trinajstić information content (AvgIpc) is 3.46. The normalized spacial score (nSPS) is 20.6. The standard InChI is InChI=1S/C23H24F3N7O2/c1-14(15-3-2-5-28-11-15)30-21(34)32-6-4-22(13-32)19-10-18(31-33(19)7-8-35-22)16-9-17(23(24,25)26)20(27)29-12-16/h2-3,5,9-12,14H,4,6-8,13H2,1H3,(H2,27,29)(H,30,34)/t14-,22-/m1/s1. The first-order chi connectivity index (χ1) is 16.7. The van der Waals surface area contributed by atoms with E-state index >= 15 is 0 Å². The lowest BCUT2D eigenvalue weighted by Gasteiger charge is -2.34. The number of fused-ring (bicyclic) bond motifs is 2. The Labute approximate surface area is 199 Å². The van der Waals surface area contributed by atoms with Gasteiger partial charge >= 0.3 is 12.2 Å². The van der Waals surface area contributed by atoms with E-state index in [4.69, 9.17) is 10.5 Å². The molecule has 1 saturated heterocycles. The van der Waals surface area contributed by atoms with E-state index in [0.717, 1.165) is 17.3 Å². The van der Waals surface area contributed by atoms with E-state index in [1.54, 1.807) is 28.0 Å². The Hall–Kier alpha value is -3.67. The molecule has 0 unspecified atom stereocenters. The number of urea groups is 1. The maximum absolute atomic E-state index is 13.3. The number of halogens is 3. The van der Waals surface area contributed by atoms with E-state index in [-0.39, 0.29) is 17.6 Å². The van der Waals surface area contributed by atoms with E-state index in [9.17, 15) is 18.0 Å². The first-order valence-electron chi connectivity index (χ1n) is 11.2. The molecule has 2 atom stereocenters. The van der Waals surface area contributed by atoms with Crippen LogP contribution in [0.1, 0.15) is 36.2 Å². The molecular weight excluding hydrogens is 463 g/mol.